The molecule has 2 rings (SSSR count). The van der Waals surface area contributed by atoms with Gasteiger partial charge in [-0.15, -0.1) is 26.3 Å². The lowest BCUT2D eigenvalue weighted by Gasteiger charge is -2.28. The molecule has 0 amide bonds. The van der Waals surface area contributed by atoms with Crippen LogP contribution in [0.5, 0.6) is 11.5 Å². The summed E-state index contributed by atoms with van der Waals surface area (Å²) >= 11 is 0. The van der Waals surface area contributed by atoms with Gasteiger partial charge in [0.15, 0.2) is 0 Å². The minimum absolute atomic E-state index is 0.0257. The van der Waals surface area contributed by atoms with Crippen molar-refractivity contribution in [3.05, 3.63) is 54.1 Å². The lowest BCUT2D eigenvalue weighted by molar-refractivity contribution is -0.275. The van der Waals surface area contributed by atoms with Crippen molar-refractivity contribution in [2.24, 2.45) is 5.92 Å². The van der Waals surface area contributed by atoms with Crippen LogP contribution in [-0.2, 0) is 6.54 Å². The van der Waals surface area contributed by atoms with E-state index < -0.39 is 49.3 Å². The molecule has 13 heteroatoms. The summed E-state index contributed by atoms with van der Waals surface area (Å²) < 4.78 is 122. The predicted octanol–water partition coefficient (Wildman–Crippen LogP) is 6.05. The molecule has 0 heterocycles. The maximum absolute atomic E-state index is 13.0. The van der Waals surface area contributed by atoms with Crippen LogP contribution in [0, 0.1) is 5.92 Å². The number of alkyl halides is 9. The van der Waals surface area contributed by atoms with Gasteiger partial charge in [-0.05, 0) is 36.2 Å². The molecule has 0 radical (unpaired) electrons. The summed E-state index contributed by atoms with van der Waals surface area (Å²) in [7, 11) is 0. The topological polar surface area (TPSA) is 41.9 Å². The Morgan fingerprint density at radius 2 is 1.33 bits per heavy atom. The van der Waals surface area contributed by atoms with Crippen LogP contribution in [0.3, 0.4) is 0 Å². The fourth-order valence-electron chi connectivity index (χ4n) is 2.91. The van der Waals surface area contributed by atoms with Gasteiger partial charge in [-0.25, -0.2) is 0 Å². The Kier molecular flexibility index (Phi) is 8.33. The highest BCUT2D eigenvalue weighted by atomic mass is 19.4. The summed E-state index contributed by atoms with van der Waals surface area (Å²) in [6, 6.07) is 9.03. The lowest BCUT2D eigenvalue weighted by Crippen LogP contribution is -2.32. The number of aliphatic hydroxyl groups is 1. The van der Waals surface area contributed by atoms with Gasteiger partial charge in [-0.2, -0.15) is 13.2 Å². The monoisotopic (exact) mass is 491 g/mol. The van der Waals surface area contributed by atoms with Gasteiger partial charge < -0.3 is 19.5 Å². The van der Waals surface area contributed by atoms with Crippen LogP contribution in [0.25, 0.3) is 0 Å². The maximum atomic E-state index is 13.0. The Morgan fingerprint density at radius 3 is 1.85 bits per heavy atom. The van der Waals surface area contributed by atoms with Crippen molar-refractivity contribution in [1.82, 2.24) is 0 Å². The molecule has 1 N–H and O–H groups in total. The summed E-state index contributed by atoms with van der Waals surface area (Å²) in [5.74, 6) is -3.30. The molecule has 0 saturated carbocycles. The van der Waals surface area contributed by atoms with Gasteiger partial charge in [0.1, 0.15) is 11.5 Å². The molecule has 0 bridgehead atoms. The van der Waals surface area contributed by atoms with E-state index in [9.17, 15) is 39.5 Å². The Hall–Kier alpha value is -2.83. The van der Waals surface area contributed by atoms with Gasteiger partial charge in [0.05, 0.1) is 12.5 Å². The van der Waals surface area contributed by atoms with Gasteiger partial charge in [-0.1, -0.05) is 18.2 Å². The first-order valence-corrected chi connectivity index (χ1v) is 9.29. The van der Waals surface area contributed by atoms with E-state index in [1.807, 2.05) is 0 Å². The molecule has 0 fully saturated rings. The summed E-state index contributed by atoms with van der Waals surface area (Å²) in [4.78, 5) is 1.23. The Morgan fingerprint density at radius 1 is 0.788 bits per heavy atom. The number of benzene rings is 2. The van der Waals surface area contributed by atoms with Crippen molar-refractivity contribution < 1.29 is 54.1 Å². The first-order valence-electron chi connectivity index (χ1n) is 9.29. The third kappa shape index (κ3) is 9.28. The number of rotatable bonds is 9. The number of anilines is 1. The molecule has 2 aromatic carbocycles. The molecule has 33 heavy (non-hydrogen) atoms. The van der Waals surface area contributed by atoms with Crippen molar-refractivity contribution >= 4 is 5.69 Å². The molecule has 4 nitrogen and oxygen atoms in total. The second-order valence-electron chi connectivity index (χ2n) is 6.87. The van der Waals surface area contributed by atoms with Crippen molar-refractivity contribution in [3.8, 4) is 11.5 Å². The Labute approximate surface area is 182 Å². The van der Waals surface area contributed by atoms with E-state index in [0.29, 0.717) is 0 Å². The van der Waals surface area contributed by atoms with Crippen LogP contribution in [0.4, 0.5) is 45.2 Å². The van der Waals surface area contributed by atoms with E-state index in [0.717, 1.165) is 24.3 Å². The van der Waals surface area contributed by atoms with E-state index in [-0.39, 0.29) is 24.3 Å². The molecular weight excluding hydrogens is 473 g/mol. The molecule has 0 aromatic heterocycles. The fraction of sp³-hybridized carbons (Fsp3) is 0.400. The summed E-state index contributed by atoms with van der Waals surface area (Å²) in [5, 5.41) is 9.04. The summed E-state index contributed by atoms with van der Waals surface area (Å²) in [6.07, 6.45) is -15.3. The minimum Gasteiger partial charge on any atom is -0.406 e. The van der Waals surface area contributed by atoms with Crippen molar-refractivity contribution in [2.45, 2.75) is 31.9 Å². The number of aliphatic hydroxyl groups excluding tert-OH is 1. The summed E-state index contributed by atoms with van der Waals surface area (Å²) in [5.41, 5.74) is 0.212. The molecule has 0 spiro atoms. The van der Waals surface area contributed by atoms with Crippen LogP contribution in [0.2, 0.25) is 0 Å². The third-order valence-corrected chi connectivity index (χ3v) is 4.35. The molecule has 0 aliphatic carbocycles. The van der Waals surface area contributed by atoms with Crippen LogP contribution in [0.15, 0.2) is 48.5 Å². The zero-order valence-corrected chi connectivity index (χ0v) is 16.6. The van der Waals surface area contributed by atoms with E-state index in [1.165, 1.54) is 29.2 Å². The number of hydrogen-bond donors (Lipinski definition) is 1. The normalized spacial score (nSPS) is 13.5. The summed E-state index contributed by atoms with van der Waals surface area (Å²) in [6.45, 7) is -1.85. The number of halogens is 9. The lowest BCUT2D eigenvalue weighted by atomic mass is 10.1. The van der Waals surface area contributed by atoms with Gasteiger partial charge in [-0.3, -0.25) is 0 Å². The van der Waals surface area contributed by atoms with Crippen molar-refractivity contribution in [1.29, 1.82) is 0 Å². The average molecular weight is 491 g/mol. The molecule has 0 aliphatic rings. The van der Waals surface area contributed by atoms with E-state index >= 15 is 0 Å². The second-order valence-corrected chi connectivity index (χ2v) is 6.87. The van der Waals surface area contributed by atoms with E-state index in [2.05, 4.69) is 9.47 Å². The molecular formula is C20H18F9NO3. The molecule has 2 aromatic rings. The quantitative estimate of drug-likeness (QED) is 0.434. The molecule has 0 saturated heterocycles. The van der Waals surface area contributed by atoms with Crippen LogP contribution in [0.1, 0.15) is 12.0 Å². The molecule has 0 aliphatic heterocycles. The predicted molar refractivity (Wildman–Crippen MR) is 98.5 cm³/mol. The van der Waals surface area contributed by atoms with Crippen LogP contribution in [-0.4, -0.2) is 37.2 Å². The third-order valence-electron chi connectivity index (χ3n) is 4.35. The Bertz CT molecular complexity index is 897. The Balaban J connectivity index is 2.32. The van der Waals surface area contributed by atoms with E-state index in [1.54, 1.807) is 0 Å². The molecule has 1 atom stereocenters. The van der Waals surface area contributed by atoms with Gasteiger partial charge in [0.25, 0.3) is 0 Å². The largest absolute Gasteiger partial charge is 0.573 e. The number of hydrogen-bond acceptors (Lipinski definition) is 4. The van der Waals surface area contributed by atoms with Crippen LogP contribution >= 0.6 is 0 Å². The fourth-order valence-corrected chi connectivity index (χ4v) is 2.91. The van der Waals surface area contributed by atoms with Crippen molar-refractivity contribution in [3.63, 3.8) is 0 Å². The van der Waals surface area contributed by atoms with E-state index in [4.69, 9.17) is 5.11 Å². The average Bonchev–Trinajstić information content (AvgIpc) is 2.64. The highest BCUT2D eigenvalue weighted by molar-refractivity contribution is 5.51. The molecule has 184 valence electrons. The van der Waals surface area contributed by atoms with Crippen LogP contribution < -0.4 is 14.4 Å². The zero-order valence-electron chi connectivity index (χ0n) is 16.6. The van der Waals surface area contributed by atoms with Crippen molar-refractivity contribution in [2.75, 3.05) is 18.1 Å². The molecule has 1 unspecified atom stereocenters. The van der Waals surface area contributed by atoms with Gasteiger partial charge in [0.2, 0.25) is 0 Å². The highest BCUT2D eigenvalue weighted by Crippen LogP contribution is 2.32. The maximum Gasteiger partial charge on any atom is 0.573 e. The smallest absolute Gasteiger partial charge is 0.406 e. The first kappa shape index (κ1) is 26.4. The van der Waals surface area contributed by atoms with Gasteiger partial charge in [0, 0.05) is 24.8 Å². The number of ether oxygens (including phenoxy) is 2. The van der Waals surface area contributed by atoms with Gasteiger partial charge >= 0.3 is 18.9 Å². The minimum atomic E-state index is -5.01. The SMILES string of the molecule is OCC(CCN(Cc1cccc(OC(F)(F)F)c1)c1cccc(OC(F)(F)F)c1)C(F)(F)F. The zero-order chi connectivity index (χ0) is 24.9. The standard InChI is InChI=1S/C20H18F9NO3/c21-18(22,23)14(12-31)7-8-30(15-4-2-6-17(10-15)33-20(27,28)29)11-13-3-1-5-16(9-13)32-19(24,25)26/h1-6,9-10,14,31H,7-8,11-12H2. The second kappa shape index (κ2) is 10.4. The number of nitrogens with zero attached hydrogens (tertiary/aromatic N) is 1. The first-order chi connectivity index (χ1) is 15.2. The highest BCUT2D eigenvalue weighted by Gasteiger charge is 2.39.